The molecule has 3 rings (SSSR count). The summed E-state index contributed by atoms with van der Waals surface area (Å²) in [7, 11) is 1.54. The summed E-state index contributed by atoms with van der Waals surface area (Å²) >= 11 is 0. The van der Waals surface area contributed by atoms with Crippen molar-refractivity contribution in [2.24, 2.45) is 7.05 Å². The first-order valence-electron chi connectivity index (χ1n) is 8.55. The Bertz CT molecular complexity index is 1140. The molecule has 9 nitrogen and oxygen atoms in total. The molecule has 0 aliphatic rings. The molecule has 0 radical (unpaired) electrons. The number of aromatic nitrogens is 5. The minimum Gasteiger partial charge on any atom is -0.465 e. The molecule has 3 aromatic heterocycles. The van der Waals surface area contributed by atoms with Gasteiger partial charge in [-0.1, -0.05) is 0 Å². The molecule has 0 unspecified atom stereocenters. The highest BCUT2D eigenvalue weighted by molar-refractivity contribution is 5.77. The lowest BCUT2D eigenvalue weighted by Gasteiger charge is -2.10. The van der Waals surface area contributed by atoms with Crippen LogP contribution in [-0.4, -0.2) is 35.7 Å². The number of carbonyl (C=O) groups is 1. The molecule has 0 saturated heterocycles. The van der Waals surface area contributed by atoms with Gasteiger partial charge in [-0.3, -0.25) is 18.6 Å². The molecule has 3 heterocycles. The lowest BCUT2D eigenvalue weighted by Crippen LogP contribution is -2.41. The topological polar surface area (TPSA) is 92.5 Å². The Labute approximate surface area is 149 Å². The number of imidazole rings is 2. The molecule has 0 amide bonds. The fraction of sp³-hybridized carbons (Fsp3) is 0.529. The quantitative estimate of drug-likeness (QED) is 0.644. The zero-order valence-corrected chi connectivity index (χ0v) is 15.9. The van der Waals surface area contributed by atoms with E-state index in [2.05, 4.69) is 4.98 Å². The Balaban J connectivity index is 2.43. The number of rotatable bonds is 4. The number of fused-ring (bicyclic) bond motifs is 3. The van der Waals surface area contributed by atoms with Crippen LogP contribution in [0.4, 0.5) is 0 Å². The molecular weight excluding hydrogens is 338 g/mol. The summed E-state index contributed by atoms with van der Waals surface area (Å²) < 4.78 is 10.9. The second-order valence-corrected chi connectivity index (χ2v) is 6.59. The zero-order valence-electron chi connectivity index (χ0n) is 15.9. The number of aryl methyl sites for hydroxylation is 2. The number of carbonyl (C=O) groups excluding carboxylic acids is 1. The van der Waals surface area contributed by atoms with Crippen molar-refractivity contribution >= 4 is 22.9 Å². The van der Waals surface area contributed by atoms with Crippen LogP contribution in [0.1, 0.15) is 38.2 Å². The Morgan fingerprint density at radius 1 is 1.19 bits per heavy atom. The van der Waals surface area contributed by atoms with Gasteiger partial charge in [-0.05, 0) is 34.6 Å². The molecule has 0 fully saturated rings. The Morgan fingerprint density at radius 3 is 2.42 bits per heavy atom. The van der Waals surface area contributed by atoms with Crippen LogP contribution in [-0.2, 0) is 23.1 Å². The molecule has 3 aromatic rings. The van der Waals surface area contributed by atoms with Crippen molar-refractivity contribution in [3.05, 3.63) is 32.2 Å². The van der Waals surface area contributed by atoms with Gasteiger partial charge in [0.15, 0.2) is 11.2 Å². The highest BCUT2D eigenvalue weighted by atomic mass is 16.5. The van der Waals surface area contributed by atoms with Gasteiger partial charge in [-0.2, -0.15) is 4.98 Å². The molecule has 0 spiro atoms. The smallest absolute Gasteiger partial charge is 0.333 e. The minimum atomic E-state index is -0.625. The van der Waals surface area contributed by atoms with Gasteiger partial charge in [0.05, 0.1) is 6.61 Å². The Hall–Kier alpha value is -2.84. The molecule has 0 bridgehead atoms. The summed E-state index contributed by atoms with van der Waals surface area (Å²) in [6.45, 7) is 9.36. The molecule has 0 aliphatic carbocycles. The third kappa shape index (κ3) is 2.38. The first kappa shape index (κ1) is 18.0. The minimum absolute atomic E-state index is 0.141. The Morgan fingerprint density at radius 2 is 1.85 bits per heavy atom. The van der Waals surface area contributed by atoms with E-state index in [0.29, 0.717) is 11.4 Å². The highest BCUT2D eigenvalue weighted by Crippen LogP contribution is 2.23. The van der Waals surface area contributed by atoms with Crippen LogP contribution in [0.5, 0.6) is 0 Å². The number of esters is 1. The lowest BCUT2D eigenvalue weighted by atomic mass is 10.3. The van der Waals surface area contributed by atoms with E-state index in [-0.39, 0.29) is 18.2 Å². The van der Waals surface area contributed by atoms with Crippen molar-refractivity contribution in [2.75, 3.05) is 6.61 Å². The van der Waals surface area contributed by atoms with Crippen LogP contribution in [0, 0.1) is 13.8 Å². The third-order valence-corrected chi connectivity index (χ3v) is 4.67. The van der Waals surface area contributed by atoms with Crippen molar-refractivity contribution in [2.45, 2.75) is 47.2 Å². The first-order valence-corrected chi connectivity index (χ1v) is 8.55. The van der Waals surface area contributed by atoms with Crippen LogP contribution in [0.3, 0.4) is 0 Å². The molecule has 140 valence electrons. The molecule has 0 N–H and O–H groups in total. The monoisotopic (exact) mass is 361 g/mol. The normalized spacial score (nSPS) is 11.8. The number of ether oxygens (including phenoxy) is 1. The lowest BCUT2D eigenvalue weighted by molar-refractivity contribution is -0.143. The summed E-state index contributed by atoms with van der Waals surface area (Å²) in [4.78, 5) is 42.0. The third-order valence-electron chi connectivity index (χ3n) is 4.67. The SMILES string of the molecule is CCOC(=O)Cn1c(=O)c2c(nc3n(C(C)C)c(C)c(C)n23)n(C)c1=O. The van der Waals surface area contributed by atoms with Crippen LogP contribution < -0.4 is 11.2 Å². The molecule has 0 aromatic carbocycles. The maximum Gasteiger partial charge on any atom is 0.333 e. The van der Waals surface area contributed by atoms with Crippen LogP contribution in [0.15, 0.2) is 9.59 Å². The fourth-order valence-electron chi connectivity index (χ4n) is 3.37. The fourth-order valence-corrected chi connectivity index (χ4v) is 3.37. The van der Waals surface area contributed by atoms with Crippen LogP contribution in [0.25, 0.3) is 16.9 Å². The number of hydrogen-bond donors (Lipinski definition) is 0. The largest absolute Gasteiger partial charge is 0.465 e. The van der Waals surface area contributed by atoms with E-state index in [9.17, 15) is 14.4 Å². The average Bonchev–Trinajstić information content (AvgIpc) is 3.06. The predicted octanol–water partition coefficient (Wildman–Crippen LogP) is 0.910. The Kier molecular flexibility index (Phi) is 4.25. The van der Waals surface area contributed by atoms with Crippen LogP contribution in [0.2, 0.25) is 0 Å². The van der Waals surface area contributed by atoms with E-state index in [1.165, 1.54) is 4.57 Å². The molecule has 0 saturated carbocycles. The van der Waals surface area contributed by atoms with Gasteiger partial charge in [-0.15, -0.1) is 0 Å². The van der Waals surface area contributed by atoms with E-state index in [0.717, 1.165) is 16.0 Å². The summed E-state index contributed by atoms with van der Waals surface area (Å²) in [5, 5.41) is 0. The summed E-state index contributed by atoms with van der Waals surface area (Å²) in [6, 6.07) is 0.141. The van der Waals surface area contributed by atoms with Gasteiger partial charge in [-0.25, -0.2) is 9.36 Å². The zero-order chi connectivity index (χ0) is 19.3. The maximum absolute atomic E-state index is 13.0. The number of hydrogen-bond acceptors (Lipinski definition) is 5. The van der Waals surface area contributed by atoms with Gasteiger partial charge in [0.1, 0.15) is 6.54 Å². The van der Waals surface area contributed by atoms with Gasteiger partial charge in [0, 0.05) is 24.5 Å². The van der Waals surface area contributed by atoms with Gasteiger partial charge < -0.3 is 9.30 Å². The van der Waals surface area contributed by atoms with E-state index in [1.807, 2.05) is 32.3 Å². The average molecular weight is 361 g/mol. The van der Waals surface area contributed by atoms with Gasteiger partial charge in [0.2, 0.25) is 5.78 Å². The van der Waals surface area contributed by atoms with Crippen molar-refractivity contribution in [1.82, 2.24) is 23.1 Å². The first-order chi connectivity index (χ1) is 12.2. The van der Waals surface area contributed by atoms with Gasteiger partial charge >= 0.3 is 11.7 Å². The second-order valence-electron chi connectivity index (χ2n) is 6.59. The predicted molar refractivity (Wildman–Crippen MR) is 96.7 cm³/mol. The van der Waals surface area contributed by atoms with Crippen molar-refractivity contribution in [1.29, 1.82) is 0 Å². The summed E-state index contributed by atoms with van der Waals surface area (Å²) in [6.07, 6.45) is 0. The second kappa shape index (κ2) is 6.15. The van der Waals surface area contributed by atoms with E-state index in [1.54, 1.807) is 18.4 Å². The van der Waals surface area contributed by atoms with Crippen molar-refractivity contribution < 1.29 is 9.53 Å². The van der Waals surface area contributed by atoms with Gasteiger partial charge in [0.25, 0.3) is 5.56 Å². The molecular formula is C17H23N5O4. The van der Waals surface area contributed by atoms with E-state index in [4.69, 9.17) is 4.74 Å². The molecule has 26 heavy (non-hydrogen) atoms. The highest BCUT2D eigenvalue weighted by Gasteiger charge is 2.24. The molecule has 0 atom stereocenters. The summed E-state index contributed by atoms with van der Waals surface area (Å²) in [5.41, 5.74) is 1.30. The maximum atomic E-state index is 13.0. The molecule has 9 heteroatoms. The summed E-state index contributed by atoms with van der Waals surface area (Å²) in [5.74, 6) is -0.0227. The van der Waals surface area contributed by atoms with E-state index < -0.39 is 23.8 Å². The van der Waals surface area contributed by atoms with Crippen molar-refractivity contribution in [3.63, 3.8) is 0 Å². The standard InChI is InChI=1S/C17H23N5O4/c1-7-26-12(23)8-20-15(24)13-14(19(6)17(20)25)18-16-21(9(2)3)10(4)11(5)22(13)16/h9H,7-8H2,1-6H3. The van der Waals surface area contributed by atoms with Crippen molar-refractivity contribution in [3.8, 4) is 0 Å². The van der Waals surface area contributed by atoms with E-state index >= 15 is 0 Å². The van der Waals surface area contributed by atoms with Crippen LogP contribution >= 0.6 is 0 Å². The number of nitrogens with zero attached hydrogens (tertiary/aromatic N) is 5. The molecule has 0 aliphatic heterocycles.